The van der Waals surface area contributed by atoms with Gasteiger partial charge in [0, 0.05) is 18.5 Å². The smallest absolute Gasteiger partial charge is 0.338 e. The van der Waals surface area contributed by atoms with E-state index in [2.05, 4.69) is 28.7 Å². The predicted octanol–water partition coefficient (Wildman–Crippen LogP) is 3.41. The van der Waals surface area contributed by atoms with Gasteiger partial charge in [-0.1, -0.05) is 43.3 Å². The zero-order valence-corrected chi connectivity index (χ0v) is 18.4. The van der Waals surface area contributed by atoms with Crippen molar-refractivity contribution in [2.75, 3.05) is 6.54 Å². The molecule has 0 amide bonds. The lowest BCUT2D eigenvalue weighted by atomic mass is 10.0. The Morgan fingerprint density at radius 3 is 2.47 bits per heavy atom. The van der Waals surface area contributed by atoms with Gasteiger partial charge >= 0.3 is 5.97 Å². The van der Waals surface area contributed by atoms with Crippen molar-refractivity contribution in [1.29, 1.82) is 5.26 Å². The van der Waals surface area contributed by atoms with Crippen LogP contribution in [0.3, 0.4) is 0 Å². The average molecular weight is 455 g/mol. The summed E-state index contributed by atoms with van der Waals surface area (Å²) in [5.41, 5.74) is 2.16. The fourth-order valence-corrected chi connectivity index (χ4v) is 3.79. The molecule has 1 aromatic heterocycles. The van der Waals surface area contributed by atoms with E-state index in [1.54, 1.807) is 0 Å². The van der Waals surface area contributed by atoms with Gasteiger partial charge in [0.1, 0.15) is 0 Å². The summed E-state index contributed by atoms with van der Waals surface area (Å²) in [6.07, 6.45) is 0.0598. The lowest BCUT2D eigenvalue weighted by molar-refractivity contribution is 0.0429. The number of nitriles is 1. The third kappa shape index (κ3) is 5.78. The SMILES string of the molecule is CC(C)c1ccc(-c2noc(COC(=O)c3ccc(S(=O)(=O)NCCC#N)cc3)n2)cc1. The molecule has 0 aliphatic carbocycles. The van der Waals surface area contributed by atoms with Gasteiger partial charge in [0.05, 0.1) is 16.5 Å². The van der Waals surface area contributed by atoms with E-state index in [1.807, 2.05) is 30.3 Å². The molecular weight excluding hydrogens is 432 g/mol. The Kier molecular flexibility index (Phi) is 7.35. The fraction of sp³-hybridized carbons (Fsp3) is 0.273. The number of hydrogen-bond acceptors (Lipinski definition) is 8. The number of carbonyl (C=O) groups is 1. The molecule has 3 aromatic rings. The van der Waals surface area contributed by atoms with Gasteiger partial charge in [0.15, 0.2) is 6.61 Å². The molecule has 0 radical (unpaired) electrons. The van der Waals surface area contributed by atoms with Crippen molar-refractivity contribution in [1.82, 2.24) is 14.9 Å². The Morgan fingerprint density at radius 1 is 1.16 bits per heavy atom. The maximum absolute atomic E-state index is 12.3. The molecule has 1 N–H and O–H groups in total. The van der Waals surface area contributed by atoms with Crippen LogP contribution in [0.25, 0.3) is 11.4 Å². The van der Waals surface area contributed by atoms with Gasteiger partial charge in [-0.25, -0.2) is 17.9 Å². The zero-order chi connectivity index (χ0) is 23.1. The van der Waals surface area contributed by atoms with Gasteiger partial charge in [-0.05, 0) is 35.7 Å². The molecule has 1 heterocycles. The van der Waals surface area contributed by atoms with E-state index >= 15 is 0 Å². The van der Waals surface area contributed by atoms with E-state index in [-0.39, 0.29) is 35.9 Å². The van der Waals surface area contributed by atoms with Crippen LogP contribution in [0.15, 0.2) is 57.9 Å². The van der Waals surface area contributed by atoms with Crippen LogP contribution >= 0.6 is 0 Å². The zero-order valence-electron chi connectivity index (χ0n) is 17.6. The minimum atomic E-state index is -3.75. The second-order valence-corrected chi connectivity index (χ2v) is 8.96. The maximum atomic E-state index is 12.3. The van der Waals surface area contributed by atoms with Crippen LogP contribution in [0, 0.1) is 11.3 Å². The number of nitrogens with one attached hydrogen (secondary N) is 1. The maximum Gasteiger partial charge on any atom is 0.338 e. The second kappa shape index (κ2) is 10.2. The lowest BCUT2D eigenvalue weighted by Crippen LogP contribution is -2.24. The quantitative estimate of drug-likeness (QED) is 0.384. The summed E-state index contributed by atoms with van der Waals surface area (Å²) >= 11 is 0. The molecule has 0 aliphatic heterocycles. The van der Waals surface area contributed by atoms with Crippen LogP contribution in [-0.4, -0.2) is 31.1 Å². The molecule has 0 spiro atoms. The Labute approximate surface area is 186 Å². The van der Waals surface area contributed by atoms with Crippen molar-refractivity contribution < 1.29 is 22.5 Å². The summed E-state index contributed by atoms with van der Waals surface area (Å²) in [6, 6.07) is 14.9. The number of benzene rings is 2. The molecule has 0 fully saturated rings. The van der Waals surface area contributed by atoms with Crippen molar-refractivity contribution >= 4 is 16.0 Å². The molecule has 0 bridgehead atoms. The van der Waals surface area contributed by atoms with Gasteiger partial charge < -0.3 is 9.26 Å². The summed E-state index contributed by atoms with van der Waals surface area (Å²) < 4.78 is 36.8. The number of hydrogen-bond donors (Lipinski definition) is 1. The van der Waals surface area contributed by atoms with Crippen LogP contribution in [0.2, 0.25) is 0 Å². The monoisotopic (exact) mass is 454 g/mol. The highest BCUT2D eigenvalue weighted by Crippen LogP contribution is 2.21. The van der Waals surface area contributed by atoms with Crippen LogP contribution in [0.1, 0.15) is 48.0 Å². The van der Waals surface area contributed by atoms with Crippen LogP contribution in [0.4, 0.5) is 0 Å². The highest BCUT2D eigenvalue weighted by molar-refractivity contribution is 7.89. The molecule has 0 aliphatic rings. The second-order valence-electron chi connectivity index (χ2n) is 7.19. The number of aromatic nitrogens is 2. The molecule has 3 rings (SSSR count). The fourth-order valence-electron chi connectivity index (χ4n) is 2.75. The highest BCUT2D eigenvalue weighted by Gasteiger charge is 2.16. The van der Waals surface area contributed by atoms with Gasteiger partial charge in [0.2, 0.25) is 15.8 Å². The Balaban J connectivity index is 1.58. The number of rotatable bonds is 9. The number of carbonyl (C=O) groups excluding carboxylic acids is 1. The number of nitrogens with zero attached hydrogens (tertiary/aromatic N) is 3. The molecule has 2 aromatic carbocycles. The molecule has 0 saturated heterocycles. The van der Waals surface area contributed by atoms with Gasteiger partial charge in [-0.3, -0.25) is 0 Å². The standard InChI is InChI=1S/C22H22N4O5S/c1-15(2)16-4-6-17(7-5-16)21-25-20(31-26-21)14-30-22(27)18-8-10-19(11-9-18)32(28,29)24-13-3-12-23/h4-11,15,24H,3,13-14H2,1-2H3. The average Bonchev–Trinajstić information content (AvgIpc) is 3.27. The third-order valence-corrected chi connectivity index (χ3v) is 6.04. The van der Waals surface area contributed by atoms with E-state index in [9.17, 15) is 13.2 Å². The molecular formula is C22H22N4O5S. The van der Waals surface area contributed by atoms with Crippen LogP contribution in [-0.2, 0) is 21.4 Å². The van der Waals surface area contributed by atoms with Crippen molar-refractivity contribution in [2.45, 2.75) is 37.7 Å². The molecule has 166 valence electrons. The van der Waals surface area contributed by atoms with E-state index in [0.717, 1.165) is 5.56 Å². The first-order valence-electron chi connectivity index (χ1n) is 9.87. The van der Waals surface area contributed by atoms with Crippen molar-refractivity contribution in [3.05, 3.63) is 65.5 Å². The summed E-state index contributed by atoms with van der Waals surface area (Å²) in [4.78, 5) is 16.5. The lowest BCUT2D eigenvalue weighted by Gasteiger charge is -2.06. The van der Waals surface area contributed by atoms with Gasteiger partial charge in [0.25, 0.3) is 5.89 Å². The van der Waals surface area contributed by atoms with Crippen molar-refractivity contribution in [2.24, 2.45) is 0 Å². The molecule has 0 unspecified atom stereocenters. The minimum Gasteiger partial charge on any atom is -0.452 e. The molecule has 32 heavy (non-hydrogen) atoms. The summed E-state index contributed by atoms with van der Waals surface area (Å²) in [5, 5.41) is 12.4. The molecule has 0 atom stereocenters. The number of sulfonamides is 1. The topological polar surface area (TPSA) is 135 Å². The predicted molar refractivity (Wildman–Crippen MR) is 115 cm³/mol. The van der Waals surface area contributed by atoms with Gasteiger partial charge in [-0.15, -0.1) is 0 Å². The summed E-state index contributed by atoms with van der Waals surface area (Å²) in [7, 11) is -3.75. The Hall–Kier alpha value is -3.55. The van der Waals surface area contributed by atoms with Gasteiger partial charge in [-0.2, -0.15) is 10.2 Å². The molecule has 0 saturated carbocycles. The largest absolute Gasteiger partial charge is 0.452 e. The van der Waals surface area contributed by atoms with E-state index in [1.165, 1.54) is 29.8 Å². The third-order valence-electron chi connectivity index (χ3n) is 4.56. The normalized spacial score (nSPS) is 11.3. The van der Waals surface area contributed by atoms with Crippen LogP contribution in [0.5, 0.6) is 0 Å². The van der Waals surface area contributed by atoms with E-state index in [0.29, 0.717) is 11.7 Å². The molecule has 10 heteroatoms. The summed E-state index contributed by atoms with van der Waals surface area (Å²) in [6.45, 7) is 4.01. The number of ether oxygens (including phenoxy) is 1. The number of esters is 1. The summed E-state index contributed by atoms with van der Waals surface area (Å²) in [5.74, 6) is 0.290. The van der Waals surface area contributed by atoms with E-state index < -0.39 is 16.0 Å². The van der Waals surface area contributed by atoms with Crippen LogP contribution < -0.4 is 4.72 Å². The molecule has 9 nitrogen and oxygen atoms in total. The first-order chi connectivity index (χ1) is 15.3. The Bertz CT molecular complexity index is 1210. The van der Waals surface area contributed by atoms with Crippen molar-refractivity contribution in [3.8, 4) is 17.5 Å². The first kappa shape index (κ1) is 23.1. The first-order valence-corrected chi connectivity index (χ1v) is 11.3. The minimum absolute atomic E-state index is 0.0106. The van der Waals surface area contributed by atoms with Crippen molar-refractivity contribution in [3.63, 3.8) is 0 Å². The Morgan fingerprint density at radius 2 is 1.84 bits per heavy atom. The van der Waals surface area contributed by atoms with E-state index in [4.69, 9.17) is 14.5 Å². The highest BCUT2D eigenvalue weighted by atomic mass is 32.2.